The molecule has 3 fully saturated rings. The van der Waals surface area contributed by atoms with Crippen LogP contribution in [-0.4, -0.2) is 65.1 Å². The standard InChI is InChI=1S/C14H22N2O3S/c1-13(2)8-15(4-5-19-13)10-16-11(17)7-14(12(16)18)3-6-20-9-14/h3-10H2,1-2H3. The van der Waals surface area contributed by atoms with Crippen LogP contribution in [-0.2, 0) is 14.3 Å². The number of imide groups is 1. The molecule has 1 atom stereocenters. The summed E-state index contributed by atoms with van der Waals surface area (Å²) < 4.78 is 5.67. The van der Waals surface area contributed by atoms with Crippen LogP contribution >= 0.6 is 11.8 Å². The highest BCUT2D eigenvalue weighted by Crippen LogP contribution is 2.44. The van der Waals surface area contributed by atoms with Crippen LogP contribution in [0.3, 0.4) is 0 Å². The highest BCUT2D eigenvalue weighted by molar-refractivity contribution is 7.99. The molecule has 3 rings (SSSR count). The van der Waals surface area contributed by atoms with E-state index in [0.29, 0.717) is 19.7 Å². The van der Waals surface area contributed by atoms with Gasteiger partial charge in [-0.3, -0.25) is 19.4 Å². The van der Waals surface area contributed by atoms with Gasteiger partial charge in [-0.15, -0.1) is 0 Å². The molecule has 112 valence electrons. The SMILES string of the molecule is CC1(C)CN(CN2C(=O)CC3(CCSC3)C2=O)CCO1. The Hall–Kier alpha value is -0.590. The Kier molecular flexibility index (Phi) is 3.59. The van der Waals surface area contributed by atoms with E-state index in [9.17, 15) is 9.59 Å². The highest BCUT2D eigenvalue weighted by atomic mass is 32.2. The first-order chi connectivity index (χ1) is 9.42. The van der Waals surface area contributed by atoms with Gasteiger partial charge in [0, 0.05) is 25.3 Å². The number of likely N-dealkylation sites (tertiary alicyclic amines) is 1. The molecule has 0 bridgehead atoms. The summed E-state index contributed by atoms with van der Waals surface area (Å²) in [6, 6.07) is 0. The summed E-state index contributed by atoms with van der Waals surface area (Å²) in [5, 5.41) is 0. The van der Waals surface area contributed by atoms with Gasteiger partial charge < -0.3 is 4.74 Å². The lowest BCUT2D eigenvalue weighted by Crippen LogP contribution is -2.53. The molecule has 1 unspecified atom stereocenters. The fourth-order valence-electron chi connectivity index (χ4n) is 3.35. The molecule has 2 amide bonds. The van der Waals surface area contributed by atoms with Crippen LogP contribution < -0.4 is 0 Å². The number of morpholine rings is 1. The number of carbonyl (C=O) groups is 2. The maximum absolute atomic E-state index is 12.6. The summed E-state index contributed by atoms with van der Waals surface area (Å²) >= 11 is 1.79. The first-order valence-corrected chi connectivity index (χ1v) is 8.36. The van der Waals surface area contributed by atoms with Crippen molar-refractivity contribution in [2.24, 2.45) is 5.41 Å². The van der Waals surface area contributed by atoms with Crippen molar-refractivity contribution in [3.63, 3.8) is 0 Å². The average molecular weight is 298 g/mol. The lowest BCUT2D eigenvalue weighted by molar-refractivity contribution is -0.148. The van der Waals surface area contributed by atoms with Gasteiger partial charge in [-0.25, -0.2) is 0 Å². The lowest BCUT2D eigenvalue weighted by Gasteiger charge is -2.39. The number of rotatable bonds is 2. The predicted molar refractivity (Wildman–Crippen MR) is 77.3 cm³/mol. The van der Waals surface area contributed by atoms with Crippen LogP contribution in [0.2, 0.25) is 0 Å². The Balaban J connectivity index is 1.68. The molecular formula is C14H22N2O3S. The maximum atomic E-state index is 12.6. The van der Waals surface area contributed by atoms with Gasteiger partial charge in [-0.05, 0) is 26.0 Å². The quantitative estimate of drug-likeness (QED) is 0.710. The van der Waals surface area contributed by atoms with Gasteiger partial charge in [0.1, 0.15) is 0 Å². The number of hydrogen-bond acceptors (Lipinski definition) is 5. The monoisotopic (exact) mass is 298 g/mol. The maximum Gasteiger partial charge on any atom is 0.237 e. The first kappa shape index (κ1) is 14.4. The van der Waals surface area contributed by atoms with Crippen molar-refractivity contribution in [3.8, 4) is 0 Å². The van der Waals surface area contributed by atoms with Crippen molar-refractivity contribution < 1.29 is 14.3 Å². The second-order valence-corrected chi connectivity index (χ2v) is 7.79. The zero-order chi connectivity index (χ0) is 14.4. The molecule has 0 radical (unpaired) electrons. The van der Waals surface area contributed by atoms with Gasteiger partial charge in [-0.1, -0.05) is 0 Å². The molecule has 0 aliphatic carbocycles. The third-order valence-electron chi connectivity index (χ3n) is 4.44. The molecule has 0 saturated carbocycles. The lowest BCUT2D eigenvalue weighted by atomic mass is 9.86. The van der Waals surface area contributed by atoms with E-state index in [2.05, 4.69) is 4.90 Å². The van der Waals surface area contributed by atoms with Crippen LogP contribution in [0.25, 0.3) is 0 Å². The van der Waals surface area contributed by atoms with Crippen LogP contribution in [0.5, 0.6) is 0 Å². The Morgan fingerprint density at radius 2 is 2.15 bits per heavy atom. The van der Waals surface area contributed by atoms with Crippen molar-refractivity contribution in [2.45, 2.75) is 32.3 Å². The number of carbonyl (C=O) groups excluding carboxylic acids is 2. The molecule has 5 nitrogen and oxygen atoms in total. The van der Waals surface area contributed by atoms with Gasteiger partial charge in [0.25, 0.3) is 0 Å². The van der Waals surface area contributed by atoms with Gasteiger partial charge in [0.2, 0.25) is 11.8 Å². The van der Waals surface area contributed by atoms with E-state index in [4.69, 9.17) is 4.74 Å². The van der Waals surface area contributed by atoms with Crippen LogP contribution in [0.15, 0.2) is 0 Å². The molecular weight excluding hydrogens is 276 g/mol. The van der Waals surface area contributed by atoms with Crippen molar-refractivity contribution in [1.82, 2.24) is 9.80 Å². The number of nitrogens with zero attached hydrogens (tertiary/aromatic N) is 2. The summed E-state index contributed by atoms with van der Waals surface area (Å²) in [4.78, 5) is 28.5. The molecule has 0 N–H and O–H groups in total. The third kappa shape index (κ3) is 2.49. The molecule has 0 aromatic heterocycles. The van der Waals surface area contributed by atoms with E-state index in [0.717, 1.165) is 31.0 Å². The fourth-order valence-corrected chi connectivity index (χ4v) is 4.79. The molecule has 0 aromatic rings. The molecule has 3 saturated heterocycles. The van der Waals surface area contributed by atoms with Crippen LogP contribution in [0.4, 0.5) is 0 Å². The number of amides is 2. The largest absolute Gasteiger partial charge is 0.373 e. The van der Waals surface area contributed by atoms with Crippen molar-refractivity contribution in [1.29, 1.82) is 0 Å². The summed E-state index contributed by atoms with van der Waals surface area (Å²) in [5.41, 5.74) is -0.589. The molecule has 0 aromatic carbocycles. The molecule has 3 heterocycles. The molecule has 6 heteroatoms. The first-order valence-electron chi connectivity index (χ1n) is 7.21. The van der Waals surface area contributed by atoms with E-state index in [-0.39, 0.29) is 22.8 Å². The second-order valence-electron chi connectivity index (χ2n) is 6.69. The molecule has 1 spiro atoms. The average Bonchev–Trinajstić information content (AvgIpc) is 2.91. The molecule has 20 heavy (non-hydrogen) atoms. The van der Waals surface area contributed by atoms with E-state index in [1.165, 1.54) is 4.90 Å². The van der Waals surface area contributed by atoms with Crippen LogP contribution in [0, 0.1) is 5.41 Å². The van der Waals surface area contributed by atoms with E-state index in [1.807, 2.05) is 13.8 Å². The van der Waals surface area contributed by atoms with Gasteiger partial charge in [0.05, 0.1) is 24.3 Å². The Bertz CT molecular complexity index is 432. The van der Waals surface area contributed by atoms with Crippen molar-refractivity contribution in [3.05, 3.63) is 0 Å². The minimum Gasteiger partial charge on any atom is -0.373 e. The van der Waals surface area contributed by atoms with Crippen molar-refractivity contribution >= 4 is 23.6 Å². The number of hydrogen-bond donors (Lipinski definition) is 0. The van der Waals surface area contributed by atoms with E-state index >= 15 is 0 Å². The topological polar surface area (TPSA) is 49.9 Å². The Morgan fingerprint density at radius 1 is 1.35 bits per heavy atom. The fraction of sp³-hybridized carbons (Fsp3) is 0.857. The van der Waals surface area contributed by atoms with Crippen molar-refractivity contribution in [2.75, 3.05) is 37.9 Å². The molecule has 3 aliphatic rings. The number of ether oxygens (including phenoxy) is 1. The van der Waals surface area contributed by atoms with Gasteiger partial charge >= 0.3 is 0 Å². The van der Waals surface area contributed by atoms with E-state index < -0.39 is 0 Å². The summed E-state index contributed by atoms with van der Waals surface area (Å²) in [6.07, 6.45) is 1.26. The smallest absolute Gasteiger partial charge is 0.237 e. The predicted octanol–water partition coefficient (Wildman–Crippen LogP) is 0.937. The summed E-state index contributed by atoms with van der Waals surface area (Å²) in [5.74, 6) is 1.86. The van der Waals surface area contributed by atoms with Gasteiger partial charge in [-0.2, -0.15) is 11.8 Å². The summed E-state index contributed by atoms with van der Waals surface area (Å²) in [6.45, 7) is 6.71. The van der Waals surface area contributed by atoms with E-state index in [1.54, 1.807) is 11.8 Å². The zero-order valence-electron chi connectivity index (χ0n) is 12.2. The minimum atomic E-state index is -0.385. The Morgan fingerprint density at radius 3 is 2.80 bits per heavy atom. The molecule has 3 aliphatic heterocycles. The number of thioether (sulfide) groups is 1. The minimum absolute atomic E-state index is 0.00166. The Labute approximate surface area is 124 Å². The van der Waals surface area contributed by atoms with Crippen LogP contribution in [0.1, 0.15) is 26.7 Å². The highest BCUT2D eigenvalue weighted by Gasteiger charge is 2.53. The van der Waals surface area contributed by atoms with Gasteiger partial charge in [0.15, 0.2) is 0 Å². The summed E-state index contributed by atoms with van der Waals surface area (Å²) in [7, 11) is 0. The third-order valence-corrected chi connectivity index (χ3v) is 5.69. The zero-order valence-corrected chi connectivity index (χ0v) is 13.0. The second kappa shape index (κ2) is 5.00. The normalized spacial score (nSPS) is 34.4.